The number of hydrogen-bond donors (Lipinski definition) is 1. The average molecular weight is 280 g/mol. The van der Waals surface area contributed by atoms with Gasteiger partial charge in [-0.3, -0.25) is 9.18 Å². The number of rotatable bonds is 5. The minimum atomic E-state index is -3.95. The smallest absolute Gasteiger partial charge is 0.236 e. The van der Waals surface area contributed by atoms with Crippen LogP contribution in [0.3, 0.4) is 0 Å². The van der Waals surface area contributed by atoms with Crippen molar-refractivity contribution in [3.63, 3.8) is 0 Å². The van der Waals surface area contributed by atoms with E-state index in [9.17, 15) is 17.6 Å². The molecule has 0 bridgehead atoms. The van der Waals surface area contributed by atoms with Crippen molar-refractivity contribution in [1.82, 2.24) is 0 Å². The fraction of sp³-hybridized carbons (Fsp3) is 0.300. The second-order valence-corrected chi connectivity index (χ2v) is 5.93. The molecule has 0 saturated heterocycles. The zero-order valence-corrected chi connectivity index (χ0v) is 10.3. The molecule has 1 aromatic rings. The van der Waals surface area contributed by atoms with Crippen molar-refractivity contribution in [3.8, 4) is 0 Å². The lowest BCUT2D eigenvalue weighted by atomic mass is 10.3. The molecule has 17 heavy (non-hydrogen) atoms. The number of hydrogen-bond acceptors (Lipinski definition) is 3. The largest absolute Gasteiger partial charge is 0.369 e. The molecule has 0 heterocycles. The molecule has 0 aliphatic heterocycles. The molecule has 1 rings (SSSR count). The molecule has 0 unspecified atom stereocenters. The van der Waals surface area contributed by atoms with E-state index < -0.39 is 34.1 Å². The van der Waals surface area contributed by atoms with E-state index in [0.717, 1.165) is 0 Å². The maximum absolute atomic E-state index is 12.2. The molecule has 0 radical (unpaired) electrons. The van der Waals surface area contributed by atoms with E-state index in [1.807, 2.05) is 0 Å². The summed E-state index contributed by atoms with van der Waals surface area (Å²) >= 11 is 5.62. The van der Waals surface area contributed by atoms with E-state index in [-0.39, 0.29) is 4.90 Å². The van der Waals surface area contributed by atoms with Crippen LogP contribution in [0, 0.1) is 0 Å². The van der Waals surface area contributed by atoms with E-state index in [1.165, 1.54) is 24.3 Å². The second kappa shape index (κ2) is 5.46. The Morgan fingerprint density at radius 2 is 1.88 bits per heavy atom. The van der Waals surface area contributed by atoms with Crippen molar-refractivity contribution in [2.24, 2.45) is 5.73 Å². The molecule has 0 fully saturated rings. The van der Waals surface area contributed by atoms with Crippen molar-refractivity contribution >= 4 is 27.3 Å². The van der Waals surface area contributed by atoms with E-state index in [1.54, 1.807) is 0 Å². The summed E-state index contributed by atoms with van der Waals surface area (Å²) in [6.07, 6.45) is -0.444. The lowest BCUT2D eigenvalue weighted by Gasteiger charge is -2.12. The Morgan fingerprint density at radius 1 is 1.35 bits per heavy atom. The highest BCUT2D eigenvalue weighted by Crippen LogP contribution is 2.20. The number of sulfone groups is 1. The van der Waals surface area contributed by atoms with Crippen LogP contribution in [0.1, 0.15) is 6.42 Å². The zero-order valence-electron chi connectivity index (χ0n) is 8.77. The number of benzene rings is 1. The van der Waals surface area contributed by atoms with Gasteiger partial charge in [0.1, 0.15) is 5.25 Å². The highest BCUT2D eigenvalue weighted by molar-refractivity contribution is 7.92. The molecule has 94 valence electrons. The van der Waals surface area contributed by atoms with Crippen molar-refractivity contribution in [2.45, 2.75) is 16.6 Å². The first-order valence-corrected chi connectivity index (χ1v) is 6.66. The Kier molecular flexibility index (Phi) is 4.47. The molecular weight excluding hydrogens is 269 g/mol. The predicted octanol–water partition coefficient (Wildman–Crippen LogP) is 1.33. The van der Waals surface area contributed by atoms with Gasteiger partial charge in [-0.05, 0) is 24.3 Å². The van der Waals surface area contributed by atoms with Gasteiger partial charge in [-0.2, -0.15) is 0 Å². The van der Waals surface area contributed by atoms with Crippen LogP contribution in [0.15, 0.2) is 29.2 Å². The molecular formula is C10H11ClFNO3S. The number of carbonyl (C=O) groups excluding carboxylic acids is 1. The Morgan fingerprint density at radius 3 is 2.29 bits per heavy atom. The van der Waals surface area contributed by atoms with Gasteiger partial charge >= 0.3 is 0 Å². The van der Waals surface area contributed by atoms with Crippen LogP contribution in [0.5, 0.6) is 0 Å². The Hall–Kier alpha value is -1.14. The summed E-state index contributed by atoms with van der Waals surface area (Å²) in [5.41, 5.74) is 4.97. The third-order valence-corrected chi connectivity index (χ3v) is 4.60. The minimum absolute atomic E-state index is 0.0980. The molecule has 1 atom stereocenters. The summed E-state index contributed by atoms with van der Waals surface area (Å²) in [6, 6.07) is 5.27. The van der Waals surface area contributed by atoms with Crippen LogP contribution >= 0.6 is 11.6 Å². The van der Waals surface area contributed by atoms with Gasteiger partial charge in [-0.1, -0.05) is 11.6 Å². The van der Waals surface area contributed by atoms with E-state index in [4.69, 9.17) is 17.3 Å². The third kappa shape index (κ3) is 3.17. The van der Waals surface area contributed by atoms with Crippen molar-refractivity contribution in [2.75, 3.05) is 6.67 Å². The lowest BCUT2D eigenvalue weighted by Crippen LogP contribution is -2.36. The predicted molar refractivity (Wildman–Crippen MR) is 62.2 cm³/mol. The number of nitrogens with two attached hydrogens (primary N) is 1. The fourth-order valence-corrected chi connectivity index (χ4v) is 3.01. The Bertz CT molecular complexity index is 501. The van der Waals surface area contributed by atoms with Gasteiger partial charge in [0.05, 0.1) is 11.6 Å². The van der Waals surface area contributed by atoms with E-state index in [2.05, 4.69) is 0 Å². The summed E-state index contributed by atoms with van der Waals surface area (Å²) in [7, 11) is -3.95. The fourth-order valence-electron chi connectivity index (χ4n) is 1.34. The molecule has 0 saturated carbocycles. The highest BCUT2D eigenvalue weighted by atomic mass is 35.5. The van der Waals surface area contributed by atoms with E-state index >= 15 is 0 Å². The maximum atomic E-state index is 12.2. The van der Waals surface area contributed by atoms with Crippen LogP contribution in [-0.2, 0) is 14.6 Å². The molecule has 0 spiro atoms. The minimum Gasteiger partial charge on any atom is -0.369 e. The third-order valence-electron chi connectivity index (χ3n) is 2.21. The van der Waals surface area contributed by atoms with Gasteiger partial charge in [-0.15, -0.1) is 0 Å². The first kappa shape index (κ1) is 13.9. The summed E-state index contributed by atoms with van der Waals surface area (Å²) in [6.45, 7) is -0.930. The quantitative estimate of drug-likeness (QED) is 0.883. The first-order valence-electron chi connectivity index (χ1n) is 4.74. The Balaban J connectivity index is 3.16. The van der Waals surface area contributed by atoms with Gasteiger partial charge in [0.25, 0.3) is 0 Å². The summed E-state index contributed by atoms with van der Waals surface area (Å²) in [5.74, 6) is -1.06. The van der Waals surface area contributed by atoms with Crippen molar-refractivity contribution < 1.29 is 17.6 Å². The summed E-state index contributed by atoms with van der Waals surface area (Å²) < 4.78 is 36.1. The topological polar surface area (TPSA) is 77.2 Å². The van der Waals surface area contributed by atoms with Crippen LogP contribution in [0.25, 0.3) is 0 Å². The lowest BCUT2D eigenvalue weighted by molar-refractivity contribution is -0.117. The molecule has 4 nitrogen and oxygen atoms in total. The molecule has 0 aromatic heterocycles. The number of amides is 1. The van der Waals surface area contributed by atoms with Crippen LogP contribution in [-0.4, -0.2) is 26.2 Å². The van der Waals surface area contributed by atoms with Gasteiger partial charge in [0.15, 0.2) is 9.84 Å². The van der Waals surface area contributed by atoms with Gasteiger partial charge < -0.3 is 5.73 Å². The normalized spacial score (nSPS) is 13.3. The molecule has 0 aliphatic carbocycles. The van der Waals surface area contributed by atoms with Gasteiger partial charge in [0.2, 0.25) is 5.91 Å². The maximum Gasteiger partial charge on any atom is 0.236 e. The monoisotopic (exact) mass is 279 g/mol. The molecule has 1 aromatic carbocycles. The molecule has 0 aliphatic rings. The number of primary amides is 1. The molecule has 1 amide bonds. The van der Waals surface area contributed by atoms with Gasteiger partial charge in [-0.25, -0.2) is 8.42 Å². The number of halogens is 2. The standard InChI is InChI=1S/C10H11ClFNO3S/c11-7-1-3-8(4-2-7)17(15,16)9(5-6-12)10(13)14/h1-4,9H,5-6H2,(H2,13,14)/t9-/m1/s1. The molecule has 2 N–H and O–H groups in total. The summed E-state index contributed by atoms with van der Waals surface area (Å²) in [5, 5.41) is -1.18. The van der Waals surface area contributed by atoms with Crippen LogP contribution in [0.2, 0.25) is 5.02 Å². The van der Waals surface area contributed by atoms with Gasteiger partial charge in [0, 0.05) is 11.4 Å². The van der Waals surface area contributed by atoms with Crippen LogP contribution < -0.4 is 5.73 Å². The summed E-state index contributed by atoms with van der Waals surface area (Å²) in [4.78, 5) is 10.9. The van der Waals surface area contributed by atoms with E-state index in [0.29, 0.717) is 5.02 Å². The van der Waals surface area contributed by atoms with Crippen LogP contribution in [0.4, 0.5) is 4.39 Å². The average Bonchev–Trinajstić information content (AvgIpc) is 2.25. The zero-order chi connectivity index (χ0) is 13.1. The van der Waals surface area contributed by atoms with Crippen molar-refractivity contribution in [3.05, 3.63) is 29.3 Å². The highest BCUT2D eigenvalue weighted by Gasteiger charge is 2.31. The number of alkyl halides is 1. The SMILES string of the molecule is NC(=O)[C@@H](CCF)S(=O)(=O)c1ccc(Cl)cc1. The molecule has 7 heteroatoms. The Labute approximate surface area is 103 Å². The first-order chi connectivity index (χ1) is 7.89. The number of carbonyl (C=O) groups is 1. The van der Waals surface area contributed by atoms with Crippen molar-refractivity contribution in [1.29, 1.82) is 0 Å². The second-order valence-electron chi connectivity index (χ2n) is 3.37.